The van der Waals surface area contributed by atoms with Gasteiger partial charge in [-0.25, -0.2) is 0 Å². The molecule has 0 heterocycles. The lowest BCUT2D eigenvalue weighted by Crippen LogP contribution is -2.05. The molecule has 0 aromatic carbocycles. The van der Waals surface area contributed by atoms with Crippen LogP contribution in [0.2, 0.25) is 0 Å². The molecule has 0 bridgehead atoms. The molecule has 0 saturated carbocycles. The molecule has 0 aromatic rings. The largest absolute Gasteiger partial charge is 0.0882 e. The van der Waals surface area contributed by atoms with Gasteiger partial charge in [0, 0.05) is 0 Å². The summed E-state index contributed by atoms with van der Waals surface area (Å²) in [6, 6.07) is 0. The molecule has 0 unspecified atom stereocenters. The van der Waals surface area contributed by atoms with E-state index in [4.69, 9.17) is 0 Å². The van der Waals surface area contributed by atoms with Crippen LogP contribution in [0.5, 0.6) is 0 Å². The van der Waals surface area contributed by atoms with Gasteiger partial charge in [0.05, 0.1) is 0 Å². The molecule has 0 aliphatic heterocycles. The van der Waals surface area contributed by atoms with Gasteiger partial charge >= 0.3 is 0 Å². The molecule has 0 fully saturated rings. The SMILES string of the molecule is CC=C(CC)CC=CC(C)(C)CCC. The molecule has 0 aliphatic carbocycles. The van der Waals surface area contributed by atoms with E-state index in [1.807, 2.05) is 0 Å². The van der Waals surface area contributed by atoms with Gasteiger partial charge in [0.2, 0.25) is 0 Å². The van der Waals surface area contributed by atoms with Crippen LogP contribution < -0.4 is 0 Å². The van der Waals surface area contributed by atoms with Crippen LogP contribution in [0.3, 0.4) is 0 Å². The van der Waals surface area contributed by atoms with E-state index in [1.165, 1.54) is 24.8 Å². The molecule has 0 heteroatoms. The quantitative estimate of drug-likeness (QED) is 0.515. The summed E-state index contributed by atoms with van der Waals surface area (Å²) in [4.78, 5) is 0. The topological polar surface area (TPSA) is 0 Å². The van der Waals surface area contributed by atoms with Crippen LogP contribution in [0.15, 0.2) is 23.8 Å². The summed E-state index contributed by atoms with van der Waals surface area (Å²) in [7, 11) is 0. The minimum Gasteiger partial charge on any atom is -0.0882 e. The summed E-state index contributed by atoms with van der Waals surface area (Å²) in [6.45, 7) is 11.2. The molecule has 0 N–H and O–H groups in total. The Labute approximate surface area is 90.1 Å². The normalized spacial score (nSPS) is 13.9. The van der Waals surface area contributed by atoms with Crippen LogP contribution in [0, 0.1) is 5.41 Å². The van der Waals surface area contributed by atoms with Crippen LogP contribution in [-0.2, 0) is 0 Å². The summed E-state index contributed by atoms with van der Waals surface area (Å²) in [5, 5.41) is 0. The van der Waals surface area contributed by atoms with Gasteiger partial charge in [0.1, 0.15) is 0 Å². The van der Waals surface area contributed by atoms with Gasteiger partial charge in [-0.05, 0) is 31.6 Å². The Morgan fingerprint density at radius 2 is 1.86 bits per heavy atom. The van der Waals surface area contributed by atoms with Gasteiger partial charge < -0.3 is 0 Å². The predicted molar refractivity (Wildman–Crippen MR) is 66.5 cm³/mol. The summed E-state index contributed by atoms with van der Waals surface area (Å²) < 4.78 is 0. The first-order chi connectivity index (χ1) is 6.55. The Kier molecular flexibility index (Phi) is 6.61. The van der Waals surface area contributed by atoms with Crippen molar-refractivity contribution in [3.8, 4) is 0 Å². The van der Waals surface area contributed by atoms with Gasteiger partial charge in [-0.3, -0.25) is 0 Å². The number of hydrogen-bond acceptors (Lipinski definition) is 0. The zero-order valence-corrected chi connectivity index (χ0v) is 10.6. The standard InChI is InChI=1S/C14H26/c1-6-11-14(4,5)12-9-10-13(7-2)8-3/h7,9,12H,6,8,10-11H2,1-5H3. The van der Waals surface area contributed by atoms with E-state index in [1.54, 1.807) is 0 Å². The first-order valence-electron chi connectivity index (χ1n) is 5.87. The second-order valence-corrected chi connectivity index (χ2v) is 4.65. The molecule has 0 rings (SSSR count). The summed E-state index contributed by atoms with van der Waals surface area (Å²) in [5.74, 6) is 0. The third-order valence-electron chi connectivity index (χ3n) is 2.71. The van der Waals surface area contributed by atoms with Crippen LogP contribution >= 0.6 is 0 Å². The van der Waals surface area contributed by atoms with Crippen LogP contribution in [0.25, 0.3) is 0 Å². The maximum Gasteiger partial charge on any atom is -0.0139 e. The van der Waals surface area contributed by atoms with Crippen LogP contribution in [0.1, 0.15) is 60.3 Å². The van der Waals surface area contributed by atoms with Gasteiger partial charge in [-0.1, -0.05) is 57.9 Å². The van der Waals surface area contributed by atoms with Crippen molar-refractivity contribution in [3.63, 3.8) is 0 Å². The number of rotatable bonds is 6. The highest BCUT2D eigenvalue weighted by Crippen LogP contribution is 2.24. The van der Waals surface area contributed by atoms with Crippen molar-refractivity contribution < 1.29 is 0 Å². The fourth-order valence-electron chi connectivity index (χ4n) is 1.72. The molecule has 0 aromatic heterocycles. The summed E-state index contributed by atoms with van der Waals surface area (Å²) in [5.41, 5.74) is 1.91. The Morgan fingerprint density at radius 3 is 2.29 bits per heavy atom. The van der Waals surface area contributed by atoms with Crippen molar-refractivity contribution >= 4 is 0 Å². The lowest BCUT2D eigenvalue weighted by atomic mass is 9.87. The minimum atomic E-state index is 0.376. The fraction of sp³-hybridized carbons (Fsp3) is 0.714. The maximum absolute atomic E-state index is 2.37. The minimum absolute atomic E-state index is 0.376. The molecule has 0 nitrogen and oxygen atoms in total. The molecular formula is C14H26. The van der Waals surface area contributed by atoms with E-state index in [0.29, 0.717) is 5.41 Å². The van der Waals surface area contributed by atoms with Crippen molar-refractivity contribution in [1.29, 1.82) is 0 Å². The second-order valence-electron chi connectivity index (χ2n) is 4.65. The average Bonchev–Trinajstić information content (AvgIpc) is 2.12. The fourth-order valence-corrected chi connectivity index (χ4v) is 1.72. The zero-order chi connectivity index (χ0) is 11.0. The van der Waals surface area contributed by atoms with Gasteiger partial charge in [-0.15, -0.1) is 0 Å². The van der Waals surface area contributed by atoms with Gasteiger partial charge in [0.25, 0.3) is 0 Å². The van der Waals surface area contributed by atoms with Crippen molar-refractivity contribution in [2.45, 2.75) is 60.3 Å². The van der Waals surface area contributed by atoms with Gasteiger partial charge in [0.15, 0.2) is 0 Å². The first kappa shape index (κ1) is 13.5. The Bertz CT molecular complexity index is 194. The van der Waals surface area contributed by atoms with E-state index >= 15 is 0 Å². The molecule has 14 heavy (non-hydrogen) atoms. The molecule has 0 saturated heterocycles. The highest BCUT2D eigenvalue weighted by atomic mass is 14.2. The molecule has 0 spiro atoms. The molecule has 82 valence electrons. The summed E-state index contributed by atoms with van der Waals surface area (Å²) >= 11 is 0. The zero-order valence-electron chi connectivity index (χ0n) is 10.6. The van der Waals surface area contributed by atoms with Crippen LogP contribution in [-0.4, -0.2) is 0 Å². The molecule has 0 radical (unpaired) electrons. The lowest BCUT2D eigenvalue weighted by Gasteiger charge is -2.18. The molecule has 0 atom stereocenters. The third kappa shape index (κ3) is 6.01. The first-order valence-corrected chi connectivity index (χ1v) is 5.87. The van der Waals surface area contributed by atoms with E-state index in [9.17, 15) is 0 Å². The number of allylic oxidation sites excluding steroid dienone is 4. The van der Waals surface area contributed by atoms with Crippen LogP contribution in [0.4, 0.5) is 0 Å². The lowest BCUT2D eigenvalue weighted by molar-refractivity contribution is 0.431. The number of hydrogen-bond donors (Lipinski definition) is 0. The van der Waals surface area contributed by atoms with E-state index in [0.717, 1.165) is 6.42 Å². The van der Waals surface area contributed by atoms with E-state index < -0.39 is 0 Å². The second kappa shape index (κ2) is 6.86. The molecule has 0 aliphatic rings. The van der Waals surface area contributed by atoms with Crippen molar-refractivity contribution in [2.24, 2.45) is 5.41 Å². The van der Waals surface area contributed by atoms with Crippen molar-refractivity contribution in [2.75, 3.05) is 0 Å². The predicted octanol–water partition coefficient (Wildman–Crippen LogP) is 5.12. The third-order valence-corrected chi connectivity index (χ3v) is 2.71. The Hall–Kier alpha value is -0.520. The molecule has 0 amide bonds. The van der Waals surface area contributed by atoms with E-state index in [2.05, 4.69) is 52.8 Å². The average molecular weight is 194 g/mol. The van der Waals surface area contributed by atoms with Gasteiger partial charge in [-0.2, -0.15) is 0 Å². The van der Waals surface area contributed by atoms with Crippen molar-refractivity contribution in [3.05, 3.63) is 23.8 Å². The maximum atomic E-state index is 2.37. The Morgan fingerprint density at radius 1 is 1.21 bits per heavy atom. The highest BCUT2D eigenvalue weighted by molar-refractivity contribution is 5.07. The monoisotopic (exact) mass is 194 g/mol. The molecular weight excluding hydrogens is 168 g/mol. The van der Waals surface area contributed by atoms with Crippen molar-refractivity contribution in [1.82, 2.24) is 0 Å². The highest BCUT2D eigenvalue weighted by Gasteiger charge is 2.10. The van der Waals surface area contributed by atoms with E-state index in [-0.39, 0.29) is 0 Å². The summed E-state index contributed by atoms with van der Waals surface area (Å²) in [6.07, 6.45) is 11.8. The Balaban J connectivity index is 4.04. The smallest absolute Gasteiger partial charge is 0.0139 e.